The molecule has 3 aromatic carbocycles. The first-order valence-corrected chi connectivity index (χ1v) is 9.30. The summed E-state index contributed by atoms with van der Waals surface area (Å²) >= 11 is 1.58. The molecule has 4 heteroatoms. The van der Waals surface area contributed by atoms with Crippen LogP contribution >= 0.6 is 11.9 Å². The van der Waals surface area contributed by atoms with Gasteiger partial charge in [-0.3, -0.25) is 0 Å². The van der Waals surface area contributed by atoms with E-state index in [1.807, 2.05) is 64.4 Å². The van der Waals surface area contributed by atoms with E-state index in [1.165, 1.54) is 0 Å². The van der Waals surface area contributed by atoms with Crippen molar-refractivity contribution in [3.63, 3.8) is 0 Å². The van der Waals surface area contributed by atoms with Crippen molar-refractivity contribution in [2.75, 3.05) is 0 Å². The third-order valence-corrected chi connectivity index (χ3v) is 6.80. The summed E-state index contributed by atoms with van der Waals surface area (Å²) in [4.78, 5) is 1.97. The van der Waals surface area contributed by atoms with Crippen LogP contribution in [0.25, 0.3) is 0 Å². The van der Waals surface area contributed by atoms with Gasteiger partial charge < -0.3 is 0 Å². The fourth-order valence-corrected chi connectivity index (χ4v) is 5.73. The first-order valence-electron chi connectivity index (χ1n) is 7.42. The zero-order valence-corrected chi connectivity index (χ0v) is 14.0. The topological polar surface area (TPSA) is 20.3 Å². The molecule has 0 amide bonds. The van der Waals surface area contributed by atoms with Crippen molar-refractivity contribution < 1.29 is 4.21 Å². The number of hydrogen-bond donors (Lipinski definition) is 0. The highest BCUT2D eigenvalue weighted by atomic mass is 32.2. The Morgan fingerprint density at radius 3 is 1.83 bits per heavy atom. The molecule has 0 radical (unpaired) electrons. The molecule has 114 valence electrons. The van der Waals surface area contributed by atoms with Gasteiger partial charge in [0.05, 0.1) is 10.9 Å². The van der Waals surface area contributed by atoms with E-state index < -0.39 is 11.0 Å². The molecule has 0 aromatic heterocycles. The minimum absolute atomic E-state index is 0.0457. The van der Waals surface area contributed by atoms with Gasteiger partial charge in [-0.15, -0.1) is 3.71 Å². The highest BCUT2D eigenvalue weighted by molar-refractivity contribution is 8.09. The second-order valence-electron chi connectivity index (χ2n) is 5.30. The van der Waals surface area contributed by atoms with Crippen LogP contribution in [-0.2, 0) is 11.0 Å². The van der Waals surface area contributed by atoms with E-state index in [1.54, 1.807) is 11.9 Å². The molecule has 2 nitrogen and oxygen atoms in total. The monoisotopic (exact) mass is 337 g/mol. The summed E-state index contributed by atoms with van der Waals surface area (Å²) in [5, 5.41) is 0. The number of benzene rings is 3. The maximum Gasteiger partial charge on any atom is 0.140 e. The van der Waals surface area contributed by atoms with Crippen LogP contribution in [0, 0.1) is 0 Å². The normalized spacial score (nSPS) is 17.3. The Morgan fingerprint density at radius 1 is 0.739 bits per heavy atom. The summed E-state index contributed by atoms with van der Waals surface area (Å²) in [5.41, 5.74) is 2.29. The molecule has 0 spiro atoms. The number of rotatable bonds is 3. The molecule has 0 unspecified atom stereocenters. The van der Waals surface area contributed by atoms with Crippen LogP contribution in [-0.4, -0.2) is 7.92 Å². The second-order valence-corrected chi connectivity index (χ2v) is 7.87. The molecule has 1 atom stereocenters. The molecule has 0 N–H and O–H groups in total. The highest BCUT2D eigenvalue weighted by Crippen LogP contribution is 2.46. The Labute approximate surface area is 142 Å². The van der Waals surface area contributed by atoms with E-state index in [-0.39, 0.29) is 6.04 Å². The van der Waals surface area contributed by atoms with Crippen molar-refractivity contribution in [2.45, 2.75) is 15.8 Å². The van der Waals surface area contributed by atoms with E-state index in [9.17, 15) is 4.21 Å². The van der Waals surface area contributed by atoms with Crippen LogP contribution in [0.2, 0.25) is 0 Å². The zero-order valence-electron chi connectivity index (χ0n) is 12.3. The van der Waals surface area contributed by atoms with Crippen molar-refractivity contribution >= 4 is 22.9 Å². The zero-order chi connectivity index (χ0) is 15.6. The predicted molar refractivity (Wildman–Crippen MR) is 95.3 cm³/mol. The number of fused-ring (bicyclic) bond motifs is 1. The molecular formula is C19H15NOS2. The van der Waals surface area contributed by atoms with E-state index in [2.05, 4.69) is 24.3 Å². The van der Waals surface area contributed by atoms with E-state index in [0.29, 0.717) is 0 Å². The minimum Gasteiger partial charge on any atom is -0.236 e. The van der Waals surface area contributed by atoms with Gasteiger partial charge in [0.15, 0.2) is 0 Å². The van der Waals surface area contributed by atoms with Crippen LogP contribution < -0.4 is 0 Å². The van der Waals surface area contributed by atoms with Crippen molar-refractivity contribution in [3.05, 3.63) is 96.1 Å². The molecule has 1 aliphatic rings. The lowest BCUT2D eigenvalue weighted by Crippen LogP contribution is -2.22. The smallest absolute Gasteiger partial charge is 0.140 e. The lowest BCUT2D eigenvalue weighted by Gasteiger charge is -2.25. The molecular weight excluding hydrogens is 322 g/mol. The summed E-state index contributed by atoms with van der Waals surface area (Å²) in [6.07, 6.45) is 0. The second kappa shape index (κ2) is 6.32. The Kier molecular flexibility index (Phi) is 4.04. The SMILES string of the molecule is O=[S@]1c2ccccc2SN1C(c1ccccc1)c1ccccc1. The van der Waals surface area contributed by atoms with Gasteiger partial charge in [0.2, 0.25) is 0 Å². The Bertz CT molecular complexity index is 797. The molecule has 0 bridgehead atoms. The average molecular weight is 337 g/mol. The standard InChI is InChI=1S/C19H15NOS2/c21-23-18-14-8-7-13-17(18)22-20(23)19(15-9-3-1-4-10-15)16-11-5-2-6-12-16/h1-14,19H/t23-/m0/s1. The Morgan fingerprint density at radius 2 is 1.26 bits per heavy atom. The van der Waals surface area contributed by atoms with Gasteiger partial charge >= 0.3 is 0 Å². The molecule has 0 saturated heterocycles. The molecule has 3 aromatic rings. The third kappa shape index (κ3) is 2.74. The van der Waals surface area contributed by atoms with E-state index in [0.717, 1.165) is 20.9 Å². The lowest BCUT2D eigenvalue weighted by molar-refractivity contribution is 0.577. The van der Waals surface area contributed by atoms with E-state index >= 15 is 0 Å². The predicted octanol–water partition coefficient (Wildman–Crippen LogP) is 4.82. The van der Waals surface area contributed by atoms with Gasteiger partial charge in [-0.05, 0) is 35.2 Å². The highest BCUT2D eigenvalue weighted by Gasteiger charge is 2.35. The quantitative estimate of drug-likeness (QED) is 0.639. The van der Waals surface area contributed by atoms with Crippen LogP contribution in [0.5, 0.6) is 0 Å². The summed E-state index contributed by atoms with van der Waals surface area (Å²) in [5.74, 6) is 0. The van der Waals surface area contributed by atoms with Crippen molar-refractivity contribution in [3.8, 4) is 0 Å². The first kappa shape index (κ1) is 14.7. The Balaban J connectivity index is 1.80. The summed E-state index contributed by atoms with van der Waals surface area (Å²) < 4.78 is 15.0. The summed E-state index contributed by atoms with van der Waals surface area (Å²) in [7, 11) is -1.17. The maximum absolute atomic E-state index is 13.0. The molecule has 4 rings (SSSR count). The Hall–Kier alpha value is -1.88. The van der Waals surface area contributed by atoms with Crippen LogP contribution in [0.3, 0.4) is 0 Å². The molecule has 0 saturated carbocycles. The van der Waals surface area contributed by atoms with Crippen LogP contribution in [0.4, 0.5) is 0 Å². The third-order valence-electron chi connectivity index (χ3n) is 3.83. The van der Waals surface area contributed by atoms with Crippen molar-refractivity contribution in [1.82, 2.24) is 3.71 Å². The van der Waals surface area contributed by atoms with Gasteiger partial charge in [-0.2, -0.15) is 0 Å². The molecule has 0 aliphatic carbocycles. The lowest BCUT2D eigenvalue weighted by atomic mass is 10.00. The van der Waals surface area contributed by atoms with Gasteiger partial charge in [-0.1, -0.05) is 72.8 Å². The first-order chi connectivity index (χ1) is 11.3. The van der Waals surface area contributed by atoms with Crippen molar-refractivity contribution in [1.29, 1.82) is 0 Å². The largest absolute Gasteiger partial charge is 0.236 e. The van der Waals surface area contributed by atoms with Gasteiger partial charge in [-0.25, -0.2) is 4.21 Å². The maximum atomic E-state index is 13.0. The summed E-state index contributed by atoms with van der Waals surface area (Å²) in [6.45, 7) is 0. The molecule has 23 heavy (non-hydrogen) atoms. The number of hydrogen-bond acceptors (Lipinski definition) is 2. The molecule has 1 aliphatic heterocycles. The molecule has 1 heterocycles. The average Bonchev–Trinajstić information content (AvgIpc) is 2.94. The van der Waals surface area contributed by atoms with Crippen molar-refractivity contribution in [2.24, 2.45) is 0 Å². The number of nitrogens with zero attached hydrogens (tertiary/aromatic N) is 1. The van der Waals surface area contributed by atoms with Gasteiger partial charge in [0.25, 0.3) is 0 Å². The minimum atomic E-state index is -1.17. The van der Waals surface area contributed by atoms with Crippen LogP contribution in [0.15, 0.2) is 94.7 Å². The fraction of sp³-hybridized carbons (Fsp3) is 0.0526. The molecule has 0 fully saturated rings. The van der Waals surface area contributed by atoms with Crippen LogP contribution in [0.1, 0.15) is 17.2 Å². The summed E-state index contributed by atoms with van der Waals surface area (Å²) in [6, 6.07) is 28.4. The van der Waals surface area contributed by atoms with Gasteiger partial charge in [0, 0.05) is 4.90 Å². The van der Waals surface area contributed by atoms with E-state index in [4.69, 9.17) is 0 Å². The van der Waals surface area contributed by atoms with Gasteiger partial charge in [0.1, 0.15) is 11.0 Å². The fourth-order valence-electron chi connectivity index (χ4n) is 2.75.